The molecule has 0 amide bonds. The fourth-order valence-electron chi connectivity index (χ4n) is 4.02. The molecule has 1 aliphatic rings. The Hall–Kier alpha value is -1.81. The minimum absolute atomic E-state index is 0.0412. The van der Waals surface area contributed by atoms with Crippen LogP contribution in [0, 0.1) is 23.4 Å². The van der Waals surface area contributed by atoms with Crippen LogP contribution in [0.5, 0.6) is 0 Å². The fraction of sp³-hybridized carbons (Fsp3) is 0.500. The molecule has 2 unspecified atom stereocenters. The van der Waals surface area contributed by atoms with Gasteiger partial charge in [-0.1, -0.05) is 51.0 Å². The lowest BCUT2D eigenvalue weighted by atomic mass is 9.90. The summed E-state index contributed by atoms with van der Waals surface area (Å²) in [5.74, 6) is -1.95. The molecular formula is C24H29F3O. The summed E-state index contributed by atoms with van der Waals surface area (Å²) in [6, 6.07) is 7.78. The summed E-state index contributed by atoms with van der Waals surface area (Å²) in [7, 11) is 0. The number of hydrogen-bond acceptors (Lipinski definition) is 1. The van der Waals surface area contributed by atoms with E-state index in [4.69, 9.17) is 4.74 Å². The molecule has 0 aliphatic carbocycles. The molecule has 4 heteroatoms. The predicted molar refractivity (Wildman–Crippen MR) is 107 cm³/mol. The molecule has 0 spiro atoms. The van der Waals surface area contributed by atoms with Gasteiger partial charge in [0.2, 0.25) is 0 Å². The van der Waals surface area contributed by atoms with Crippen molar-refractivity contribution in [3.05, 3.63) is 58.9 Å². The van der Waals surface area contributed by atoms with Crippen molar-refractivity contribution in [2.45, 2.75) is 64.9 Å². The normalized spacial score (nSPS) is 19.8. The van der Waals surface area contributed by atoms with Gasteiger partial charge in [0.15, 0.2) is 11.6 Å². The maximum Gasteiger partial charge on any atom is 0.167 e. The predicted octanol–water partition coefficient (Wildman–Crippen LogP) is 7.38. The van der Waals surface area contributed by atoms with E-state index < -0.39 is 23.6 Å². The molecule has 1 saturated heterocycles. The van der Waals surface area contributed by atoms with Gasteiger partial charge in [-0.15, -0.1) is 0 Å². The number of hydrogen-bond donors (Lipinski definition) is 0. The van der Waals surface area contributed by atoms with Crippen LogP contribution >= 0.6 is 0 Å². The van der Waals surface area contributed by atoms with E-state index in [1.807, 2.05) is 0 Å². The quantitative estimate of drug-likeness (QED) is 0.479. The molecule has 0 bridgehead atoms. The molecule has 1 fully saturated rings. The summed E-state index contributed by atoms with van der Waals surface area (Å²) in [5.41, 5.74) is 1.16. The molecular weight excluding hydrogens is 361 g/mol. The van der Waals surface area contributed by atoms with Gasteiger partial charge in [-0.05, 0) is 49.7 Å². The maximum absolute atomic E-state index is 14.8. The van der Waals surface area contributed by atoms with Crippen LogP contribution in [0.4, 0.5) is 13.2 Å². The van der Waals surface area contributed by atoms with Crippen molar-refractivity contribution in [2.75, 3.05) is 6.61 Å². The Morgan fingerprint density at radius 1 is 0.929 bits per heavy atom. The van der Waals surface area contributed by atoms with Gasteiger partial charge in [0, 0.05) is 16.7 Å². The minimum Gasteiger partial charge on any atom is -0.373 e. The molecule has 28 heavy (non-hydrogen) atoms. The smallest absolute Gasteiger partial charge is 0.167 e. The first-order chi connectivity index (χ1) is 13.5. The molecule has 0 N–H and O–H groups in total. The highest BCUT2D eigenvalue weighted by Gasteiger charge is 2.27. The van der Waals surface area contributed by atoms with Crippen LogP contribution in [0.2, 0.25) is 0 Å². The van der Waals surface area contributed by atoms with Crippen LogP contribution in [0.1, 0.15) is 69.6 Å². The van der Waals surface area contributed by atoms with Gasteiger partial charge in [-0.3, -0.25) is 0 Å². The number of ether oxygens (including phenoxy) is 1. The van der Waals surface area contributed by atoms with Crippen LogP contribution in [-0.4, -0.2) is 6.61 Å². The van der Waals surface area contributed by atoms with Crippen LogP contribution in [0.25, 0.3) is 11.1 Å². The number of unbranched alkanes of at least 4 members (excludes halogenated alkanes) is 1. The van der Waals surface area contributed by atoms with Crippen molar-refractivity contribution in [1.82, 2.24) is 0 Å². The second-order valence-corrected chi connectivity index (χ2v) is 7.80. The first-order valence-electron chi connectivity index (χ1n) is 10.4. The molecule has 0 saturated carbocycles. The topological polar surface area (TPSA) is 9.23 Å². The van der Waals surface area contributed by atoms with Crippen molar-refractivity contribution in [1.29, 1.82) is 0 Å². The van der Waals surface area contributed by atoms with Crippen molar-refractivity contribution in [2.24, 2.45) is 5.92 Å². The van der Waals surface area contributed by atoms with Gasteiger partial charge in [-0.2, -0.15) is 0 Å². The monoisotopic (exact) mass is 390 g/mol. The lowest BCUT2D eigenvalue weighted by Crippen LogP contribution is -2.21. The van der Waals surface area contributed by atoms with Gasteiger partial charge in [-0.25, -0.2) is 13.2 Å². The van der Waals surface area contributed by atoms with E-state index in [2.05, 4.69) is 13.8 Å². The van der Waals surface area contributed by atoms with Crippen LogP contribution in [0.15, 0.2) is 30.3 Å². The molecule has 0 radical (unpaired) electrons. The third kappa shape index (κ3) is 4.60. The Morgan fingerprint density at radius 2 is 1.71 bits per heavy atom. The largest absolute Gasteiger partial charge is 0.373 e. The van der Waals surface area contributed by atoms with Crippen molar-refractivity contribution in [3.8, 4) is 11.1 Å². The van der Waals surface area contributed by atoms with Gasteiger partial charge < -0.3 is 4.74 Å². The standard InChI is InChI=1S/C24H29F3O/c1-3-5-7-16-8-10-18(21(25)14-16)19-11-12-20(24(27)23(19)26)22-13-9-17(6-4-2)15-28-22/h8,10-12,14,17,22H,3-7,9,13,15H2,1-2H3. The lowest BCUT2D eigenvalue weighted by molar-refractivity contribution is -0.0214. The summed E-state index contributed by atoms with van der Waals surface area (Å²) in [5, 5.41) is 0. The van der Waals surface area contributed by atoms with Gasteiger partial charge in [0.25, 0.3) is 0 Å². The Balaban J connectivity index is 1.81. The highest BCUT2D eigenvalue weighted by molar-refractivity contribution is 5.66. The zero-order valence-electron chi connectivity index (χ0n) is 16.7. The third-order valence-corrected chi connectivity index (χ3v) is 5.67. The number of halogens is 3. The van der Waals surface area contributed by atoms with Crippen molar-refractivity contribution in [3.63, 3.8) is 0 Å². The SMILES string of the molecule is CCCCc1ccc(-c2ccc(C3CCC(CCC)CO3)c(F)c2F)c(F)c1. The highest BCUT2D eigenvalue weighted by Crippen LogP contribution is 2.37. The van der Waals surface area contributed by atoms with E-state index in [1.54, 1.807) is 18.2 Å². The molecule has 0 aromatic heterocycles. The molecule has 2 aromatic rings. The number of rotatable bonds is 7. The van der Waals surface area contributed by atoms with E-state index >= 15 is 0 Å². The first kappa shape index (κ1) is 20.9. The third-order valence-electron chi connectivity index (χ3n) is 5.67. The Bertz CT molecular complexity index is 795. The molecule has 1 nitrogen and oxygen atoms in total. The van der Waals surface area contributed by atoms with Crippen LogP contribution < -0.4 is 0 Å². The Labute approximate surface area is 165 Å². The molecule has 152 valence electrons. The van der Waals surface area contributed by atoms with E-state index in [0.29, 0.717) is 18.9 Å². The van der Waals surface area contributed by atoms with E-state index in [1.165, 1.54) is 12.1 Å². The van der Waals surface area contributed by atoms with E-state index in [9.17, 15) is 13.2 Å². The molecule has 3 rings (SSSR count). The second-order valence-electron chi connectivity index (χ2n) is 7.80. The average Bonchev–Trinajstić information content (AvgIpc) is 2.70. The lowest BCUT2D eigenvalue weighted by Gasteiger charge is -2.29. The van der Waals surface area contributed by atoms with Crippen LogP contribution in [-0.2, 0) is 11.2 Å². The molecule has 2 atom stereocenters. The van der Waals surface area contributed by atoms with Gasteiger partial charge >= 0.3 is 0 Å². The molecule has 2 aromatic carbocycles. The van der Waals surface area contributed by atoms with Crippen molar-refractivity contribution >= 4 is 0 Å². The highest BCUT2D eigenvalue weighted by atomic mass is 19.2. The van der Waals surface area contributed by atoms with Gasteiger partial charge in [0.1, 0.15) is 5.82 Å². The Kier molecular flexibility index (Phi) is 7.17. The zero-order chi connectivity index (χ0) is 20.1. The molecule has 1 heterocycles. The Morgan fingerprint density at radius 3 is 2.36 bits per heavy atom. The van der Waals surface area contributed by atoms with E-state index in [0.717, 1.165) is 44.1 Å². The summed E-state index contributed by atoms with van der Waals surface area (Å²) < 4.78 is 49.9. The van der Waals surface area contributed by atoms with E-state index in [-0.39, 0.29) is 16.7 Å². The van der Waals surface area contributed by atoms with Crippen LogP contribution in [0.3, 0.4) is 0 Å². The van der Waals surface area contributed by atoms with Crippen molar-refractivity contribution < 1.29 is 17.9 Å². The minimum atomic E-state index is -1.00. The van der Waals surface area contributed by atoms with Gasteiger partial charge in [0.05, 0.1) is 12.7 Å². The summed E-state index contributed by atoms with van der Waals surface area (Å²) in [4.78, 5) is 0. The summed E-state index contributed by atoms with van der Waals surface area (Å²) >= 11 is 0. The summed E-state index contributed by atoms with van der Waals surface area (Å²) in [6.07, 6.45) is 6.16. The number of benzene rings is 2. The zero-order valence-corrected chi connectivity index (χ0v) is 16.7. The maximum atomic E-state index is 14.8. The number of aryl methyl sites for hydroxylation is 1. The first-order valence-corrected chi connectivity index (χ1v) is 10.4. The fourth-order valence-corrected chi connectivity index (χ4v) is 4.02. The average molecular weight is 390 g/mol. The molecule has 1 aliphatic heterocycles. The summed E-state index contributed by atoms with van der Waals surface area (Å²) in [6.45, 7) is 4.79. The second kappa shape index (κ2) is 9.60.